The van der Waals surface area contributed by atoms with E-state index in [1.54, 1.807) is 30.2 Å². The van der Waals surface area contributed by atoms with E-state index in [4.69, 9.17) is 9.26 Å². The number of carbonyl (C=O) groups excluding carboxylic acids is 3. The highest BCUT2D eigenvalue weighted by molar-refractivity contribution is 6.20. The predicted molar refractivity (Wildman–Crippen MR) is 124 cm³/mol. The van der Waals surface area contributed by atoms with Crippen LogP contribution < -0.4 is 20.9 Å². The molecule has 11 nitrogen and oxygen atoms in total. The molecule has 4 amide bonds. The number of anilines is 2. The largest absolute Gasteiger partial charge is 0.372 e. The number of imide groups is 2. The van der Waals surface area contributed by atoms with Crippen molar-refractivity contribution in [2.45, 2.75) is 45.1 Å². The van der Waals surface area contributed by atoms with Crippen LogP contribution >= 0.6 is 0 Å². The van der Waals surface area contributed by atoms with Crippen molar-refractivity contribution in [2.75, 3.05) is 16.8 Å². The Morgan fingerprint density at radius 3 is 2.72 bits per heavy atom. The molecule has 12 heteroatoms. The summed E-state index contributed by atoms with van der Waals surface area (Å²) in [6.45, 7) is 4.14. The fourth-order valence-corrected chi connectivity index (χ4v) is 5.75. The Hall–Kier alpha value is -4.06. The van der Waals surface area contributed by atoms with Crippen LogP contribution in [0.5, 0.6) is 0 Å². The zero-order chi connectivity index (χ0) is 25.2. The van der Waals surface area contributed by atoms with Gasteiger partial charge in [0.25, 0.3) is 0 Å². The van der Waals surface area contributed by atoms with Crippen LogP contribution in [0.3, 0.4) is 0 Å². The third-order valence-corrected chi connectivity index (χ3v) is 7.13. The van der Waals surface area contributed by atoms with Gasteiger partial charge in [-0.1, -0.05) is 11.2 Å². The SMILES string of the molecule is C[C@H]1CN2c3c(cc4c(NCc5ccccn5)noc4c3F)CC3(C(=O)NC(=O)NC3=O)[C@@H]2[C@@H](C)O1. The number of urea groups is 1. The van der Waals surface area contributed by atoms with Crippen molar-refractivity contribution >= 4 is 40.3 Å². The standard InChI is InChI=1S/C24H23FN6O5/c1-11-10-31-17-13(8-24(19(31)12(2)35-11)21(32)28-23(34)29-22(24)33)7-15-18(16(17)25)36-30-20(15)27-9-14-5-3-4-6-26-14/h3-7,11-12,19H,8-10H2,1-2H3,(H,27,30)(H2,28,29,32,33,34)/t11-,12+,19-/m0/s1. The second kappa shape index (κ2) is 7.98. The topological polar surface area (TPSA) is 139 Å². The molecule has 2 aromatic heterocycles. The van der Waals surface area contributed by atoms with Crippen LogP contribution in [0.4, 0.5) is 20.7 Å². The summed E-state index contributed by atoms with van der Waals surface area (Å²) >= 11 is 0. The Morgan fingerprint density at radius 1 is 1.22 bits per heavy atom. The molecule has 2 fully saturated rings. The number of morpholine rings is 1. The van der Waals surface area contributed by atoms with E-state index in [1.165, 1.54) is 0 Å². The lowest BCUT2D eigenvalue weighted by atomic mass is 9.66. The van der Waals surface area contributed by atoms with Gasteiger partial charge in [0.1, 0.15) is 0 Å². The third kappa shape index (κ3) is 3.17. The van der Waals surface area contributed by atoms with Gasteiger partial charge < -0.3 is 19.5 Å². The number of fused-ring (bicyclic) bond motifs is 5. The molecule has 36 heavy (non-hydrogen) atoms. The van der Waals surface area contributed by atoms with E-state index in [9.17, 15) is 14.4 Å². The first-order chi connectivity index (χ1) is 17.3. The third-order valence-electron chi connectivity index (χ3n) is 7.13. The lowest BCUT2D eigenvalue weighted by Gasteiger charge is -2.55. The summed E-state index contributed by atoms with van der Waals surface area (Å²) in [5.41, 5.74) is -0.303. The molecule has 0 bridgehead atoms. The van der Waals surface area contributed by atoms with Gasteiger partial charge in [-0.2, -0.15) is 0 Å². The Labute approximate surface area is 204 Å². The van der Waals surface area contributed by atoms with Crippen LogP contribution in [0.1, 0.15) is 25.1 Å². The molecule has 0 unspecified atom stereocenters. The molecular weight excluding hydrogens is 471 g/mol. The van der Waals surface area contributed by atoms with E-state index in [0.29, 0.717) is 23.3 Å². The minimum atomic E-state index is -1.70. The number of halogens is 1. The fraction of sp³-hybridized carbons (Fsp3) is 0.375. The van der Waals surface area contributed by atoms with E-state index in [-0.39, 0.29) is 30.3 Å². The number of aromatic nitrogens is 2. The molecule has 5 heterocycles. The van der Waals surface area contributed by atoms with Crippen LogP contribution in [0.2, 0.25) is 0 Å². The highest BCUT2D eigenvalue weighted by Crippen LogP contribution is 2.49. The van der Waals surface area contributed by atoms with Crippen LogP contribution in [-0.2, 0) is 27.3 Å². The fourth-order valence-electron chi connectivity index (χ4n) is 5.75. The molecule has 2 saturated heterocycles. The second-order valence-corrected chi connectivity index (χ2v) is 9.42. The number of benzene rings is 1. The number of hydrogen-bond donors (Lipinski definition) is 3. The summed E-state index contributed by atoms with van der Waals surface area (Å²) in [5.74, 6) is -1.79. The van der Waals surface area contributed by atoms with E-state index in [2.05, 4.69) is 26.1 Å². The van der Waals surface area contributed by atoms with Gasteiger partial charge in [-0.15, -0.1) is 0 Å². The van der Waals surface area contributed by atoms with Gasteiger partial charge in [-0.3, -0.25) is 25.2 Å². The monoisotopic (exact) mass is 494 g/mol. The number of pyridine rings is 1. The maximum Gasteiger partial charge on any atom is 0.328 e. The molecule has 3 aliphatic heterocycles. The van der Waals surface area contributed by atoms with Gasteiger partial charge in [0.15, 0.2) is 17.1 Å². The van der Waals surface area contributed by atoms with E-state index >= 15 is 4.39 Å². The predicted octanol–water partition coefficient (Wildman–Crippen LogP) is 1.86. The molecule has 3 N–H and O–H groups in total. The van der Waals surface area contributed by atoms with Crippen molar-refractivity contribution in [1.29, 1.82) is 0 Å². The highest BCUT2D eigenvalue weighted by Gasteiger charge is 2.63. The summed E-state index contributed by atoms with van der Waals surface area (Å²) in [6.07, 6.45) is 0.635. The van der Waals surface area contributed by atoms with Gasteiger partial charge in [-0.05, 0) is 37.6 Å². The number of ether oxygens (including phenoxy) is 1. The van der Waals surface area contributed by atoms with Gasteiger partial charge in [0.2, 0.25) is 17.4 Å². The number of nitrogens with zero attached hydrogens (tertiary/aromatic N) is 3. The minimum absolute atomic E-state index is 0.0357. The summed E-state index contributed by atoms with van der Waals surface area (Å²) in [5, 5.41) is 12.0. The lowest BCUT2D eigenvalue weighted by molar-refractivity contribution is -0.153. The molecule has 3 atom stereocenters. The highest BCUT2D eigenvalue weighted by atomic mass is 19.1. The molecule has 0 aliphatic carbocycles. The molecular formula is C24H23FN6O5. The first-order valence-electron chi connectivity index (χ1n) is 11.6. The Bertz CT molecular complexity index is 1390. The van der Waals surface area contributed by atoms with Crippen molar-refractivity contribution in [2.24, 2.45) is 5.41 Å². The summed E-state index contributed by atoms with van der Waals surface area (Å²) < 4.78 is 27.4. The first kappa shape index (κ1) is 22.4. The van der Waals surface area contributed by atoms with Crippen molar-refractivity contribution < 1.29 is 28.0 Å². The van der Waals surface area contributed by atoms with Gasteiger partial charge >= 0.3 is 6.03 Å². The summed E-state index contributed by atoms with van der Waals surface area (Å²) in [4.78, 5) is 44.4. The van der Waals surface area contributed by atoms with Crippen molar-refractivity contribution in [3.05, 3.63) is 47.5 Å². The maximum atomic E-state index is 16.1. The zero-order valence-electron chi connectivity index (χ0n) is 19.5. The Balaban J connectivity index is 1.49. The average molecular weight is 494 g/mol. The van der Waals surface area contributed by atoms with Gasteiger partial charge in [0.05, 0.1) is 41.6 Å². The van der Waals surface area contributed by atoms with Crippen molar-refractivity contribution in [1.82, 2.24) is 20.8 Å². The van der Waals surface area contributed by atoms with E-state index in [1.807, 2.05) is 19.1 Å². The molecule has 0 saturated carbocycles. The molecule has 186 valence electrons. The Kier molecular flexibility index (Phi) is 4.97. The molecule has 3 aromatic rings. The Morgan fingerprint density at radius 2 is 2.00 bits per heavy atom. The zero-order valence-corrected chi connectivity index (χ0v) is 19.5. The van der Waals surface area contributed by atoms with Crippen molar-refractivity contribution in [3.63, 3.8) is 0 Å². The number of barbiturate groups is 1. The smallest absolute Gasteiger partial charge is 0.328 e. The number of carbonyl (C=O) groups is 3. The lowest BCUT2D eigenvalue weighted by Crippen LogP contribution is -2.75. The number of nitrogens with one attached hydrogen (secondary N) is 3. The quantitative estimate of drug-likeness (QED) is 0.466. The van der Waals surface area contributed by atoms with Gasteiger partial charge in [0, 0.05) is 19.2 Å². The van der Waals surface area contributed by atoms with E-state index in [0.717, 1.165) is 5.69 Å². The number of rotatable bonds is 3. The number of amides is 4. The molecule has 3 aliphatic rings. The van der Waals surface area contributed by atoms with Crippen LogP contribution in [-0.4, -0.2) is 52.8 Å². The van der Waals surface area contributed by atoms with Crippen molar-refractivity contribution in [3.8, 4) is 0 Å². The minimum Gasteiger partial charge on any atom is -0.372 e. The first-order valence-corrected chi connectivity index (χ1v) is 11.6. The van der Waals surface area contributed by atoms with E-state index < -0.39 is 41.2 Å². The molecule has 6 rings (SSSR count). The second-order valence-electron chi connectivity index (χ2n) is 9.42. The van der Waals surface area contributed by atoms with Crippen LogP contribution in [0.25, 0.3) is 11.0 Å². The molecule has 1 spiro atoms. The van der Waals surface area contributed by atoms with Crippen LogP contribution in [0, 0.1) is 11.2 Å². The maximum absolute atomic E-state index is 16.1. The van der Waals surface area contributed by atoms with Gasteiger partial charge in [-0.25, -0.2) is 9.18 Å². The van der Waals surface area contributed by atoms with Crippen LogP contribution in [0.15, 0.2) is 35.0 Å². The normalized spacial score (nSPS) is 24.8. The summed E-state index contributed by atoms with van der Waals surface area (Å²) in [6, 6.07) is 5.46. The molecule has 1 aromatic carbocycles. The molecule has 0 radical (unpaired) electrons. The summed E-state index contributed by atoms with van der Waals surface area (Å²) in [7, 11) is 0. The number of hydrogen-bond acceptors (Lipinski definition) is 9. The average Bonchev–Trinajstić information content (AvgIpc) is 3.24.